The van der Waals surface area contributed by atoms with Gasteiger partial charge in [-0.15, -0.1) is 0 Å². The van der Waals surface area contributed by atoms with Crippen molar-refractivity contribution in [1.82, 2.24) is 0 Å². The molecule has 0 saturated heterocycles. The summed E-state index contributed by atoms with van der Waals surface area (Å²) in [5.74, 6) is 0. The van der Waals surface area contributed by atoms with E-state index in [1.54, 1.807) is 5.46 Å². The van der Waals surface area contributed by atoms with Gasteiger partial charge in [0.05, 0.1) is 54.4 Å². The molecule has 6 heteroatoms. The summed E-state index contributed by atoms with van der Waals surface area (Å²) in [6.45, 7) is 21.0. The lowest BCUT2D eigenvalue weighted by Gasteiger charge is -2.34. The summed E-state index contributed by atoms with van der Waals surface area (Å²) in [6.07, 6.45) is 2.52. The first kappa shape index (κ1) is 52.5. The molecule has 0 aromatic heterocycles. The van der Waals surface area contributed by atoms with Crippen molar-refractivity contribution >= 4 is 51.0 Å². The SMILES string of the molecule is CC[N+](CC)(CC)CC.C[BH2-]c1ccccc1.C[BH2-]c1ccccc1.C[N+](C)(C)C.Cc1ccccc1C[BH2-]c1ccccc1.[BH2-](Cc1ccccc1)c1ccccc1. The van der Waals surface area contributed by atoms with Crippen LogP contribution in [0.2, 0.25) is 13.6 Å². The fourth-order valence-electron chi connectivity index (χ4n) is 7.14. The van der Waals surface area contributed by atoms with E-state index in [1.165, 1.54) is 76.4 Å². The molecule has 0 unspecified atom stereocenters. The van der Waals surface area contributed by atoms with Crippen LogP contribution in [0.1, 0.15) is 44.4 Å². The average Bonchev–Trinajstić information content (AvgIpc) is 3.28. The monoisotopic (exact) mass is 791 g/mol. The van der Waals surface area contributed by atoms with E-state index in [9.17, 15) is 0 Å². The molecule has 0 aliphatic rings. The van der Waals surface area contributed by atoms with Gasteiger partial charge in [-0.1, -0.05) is 193 Å². The van der Waals surface area contributed by atoms with Crippen molar-refractivity contribution in [2.24, 2.45) is 0 Å². The van der Waals surface area contributed by atoms with E-state index in [0.29, 0.717) is 0 Å². The minimum absolute atomic E-state index is 0.00491. The summed E-state index contributed by atoms with van der Waals surface area (Å²) in [7, 11) is 8.90. The maximum atomic E-state index is 2.29. The Bertz CT molecular complexity index is 1710. The van der Waals surface area contributed by atoms with Crippen molar-refractivity contribution < 1.29 is 8.97 Å². The van der Waals surface area contributed by atoms with Crippen LogP contribution < -0.4 is 21.9 Å². The van der Waals surface area contributed by atoms with Gasteiger partial charge in [0.1, 0.15) is 0 Å². The number of hydrogen-bond acceptors (Lipinski definition) is 0. The number of hydrogen-bond donors (Lipinski definition) is 0. The Labute approximate surface area is 366 Å². The van der Waals surface area contributed by atoms with Crippen molar-refractivity contribution in [2.45, 2.75) is 60.9 Å². The van der Waals surface area contributed by atoms with Crippen molar-refractivity contribution in [3.8, 4) is 0 Å². The molecule has 318 valence electrons. The van der Waals surface area contributed by atoms with Gasteiger partial charge < -0.3 is 8.97 Å². The summed E-state index contributed by atoms with van der Waals surface area (Å²) in [5, 5.41) is 0. The predicted molar refractivity (Wildman–Crippen MR) is 282 cm³/mol. The predicted octanol–water partition coefficient (Wildman–Crippen LogP) is 6.93. The highest BCUT2D eigenvalue weighted by Gasteiger charge is 2.16. The Morgan fingerprint density at radius 3 is 0.949 bits per heavy atom. The van der Waals surface area contributed by atoms with Gasteiger partial charge in [0.25, 0.3) is 0 Å². The Balaban J connectivity index is 0.000000367. The molecule has 0 bridgehead atoms. The van der Waals surface area contributed by atoms with Crippen molar-refractivity contribution in [3.63, 3.8) is 0 Å². The molecule has 0 radical (unpaired) electrons. The second kappa shape index (κ2) is 32.4. The van der Waals surface area contributed by atoms with E-state index >= 15 is 0 Å². The largest absolute Gasteiger partial charge is 0.333 e. The van der Waals surface area contributed by atoms with Crippen LogP contribution in [0.15, 0.2) is 176 Å². The van der Waals surface area contributed by atoms with Crippen LogP contribution in [0.3, 0.4) is 0 Å². The third kappa shape index (κ3) is 27.0. The highest BCUT2D eigenvalue weighted by molar-refractivity contribution is 6.53. The van der Waals surface area contributed by atoms with E-state index in [-0.39, 0.29) is 29.1 Å². The summed E-state index contributed by atoms with van der Waals surface area (Å²) in [4.78, 5) is 0. The van der Waals surface area contributed by atoms with E-state index in [4.69, 9.17) is 0 Å². The van der Waals surface area contributed by atoms with Crippen molar-refractivity contribution in [1.29, 1.82) is 0 Å². The highest BCUT2D eigenvalue weighted by Crippen LogP contribution is 2.07. The minimum Gasteiger partial charge on any atom is -0.333 e. The lowest BCUT2D eigenvalue weighted by atomic mass is 9.65. The van der Waals surface area contributed by atoms with E-state index in [0.717, 1.165) is 4.48 Å². The number of benzene rings is 6. The molecular formula is C53H82B4N2-2. The molecule has 0 fully saturated rings. The number of quaternary nitrogens is 2. The number of rotatable bonds is 12. The minimum atomic E-state index is -0.00491. The summed E-state index contributed by atoms with van der Waals surface area (Å²) >= 11 is 0. The van der Waals surface area contributed by atoms with Crippen LogP contribution >= 0.6 is 0 Å². The quantitative estimate of drug-likeness (QED) is 0.0933. The fraction of sp³-hybridized carbons (Fsp3) is 0.321. The molecule has 0 saturated carbocycles. The van der Waals surface area contributed by atoms with Crippen LogP contribution in [-0.2, 0) is 12.6 Å². The Morgan fingerprint density at radius 2 is 0.661 bits per heavy atom. The topological polar surface area (TPSA) is 0 Å². The average molecular weight is 791 g/mol. The molecule has 59 heavy (non-hydrogen) atoms. The third-order valence-corrected chi connectivity index (χ3v) is 11.7. The van der Waals surface area contributed by atoms with Crippen molar-refractivity contribution in [2.75, 3.05) is 54.4 Å². The van der Waals surface area contributed by atoms with E-state index in [2.05, 4.69) is 252 Å². The van der Waals surface area contributed by atoms with Gasteiger partial charge in [-0.3, -0.25) is 0 Å². The number of nitrogens with zero attached hydrogens (tertiary/aromatic N) is 2. The highest BCUT2D eigenvalue weighted by atomic mass is 15.3. The van der Waals surface area contributed by atoms with Crippen LogP contribution in [0.5, 0.6) is 0 Å². The molecule has 0 N–H and O–H groups in total. The third-order valence-electron chi connectivity index (χ3n) is 11.7. The molecule has 0 spiro atoms. The zero-order valence-electron chi connectivity index (χ0n) is 40.4. The molecule has 2 nitrogen and oxygen atoms in total. The van der Waals surface area contributed by atoms with Gasteiger partial charge in [0.2, 0.25) is 0 Å². The number of aryl methyl sites for hydroxylation is 1. The van der Waals surface area contributed by atoms with E-state index < -0.39 is 0 Å². The van der Waals surface area contributed by atoms with E-state index in [1.807, 2.05) is 0 Å². The Morgan fingerprint density at radius 1 is 0.373 bits per heavy atom. The van der Waals surface area contributed by atoms with Gasteiger partial charge in [-0.25, -0.2) is 21.9 Å². The van der Waals surface area contributed by atoms with Crippen molar-refractivity contribution in [3.05, 3.63) is 193 Å². The van der Waals surface area contributed by atoms with Crippen LogP contribution in [0.4, 0.5) is 0 Å². The summed E-state index contributed by atoms with van der Waals surface area (Å²) in [5.41, 5.74) is 10.6. The van der Waals surface area contributed by atoms with Gasteiger partial charge in [-0.05, 0) is 49.2 Å². The lowest BCUT2D eigenvalue weighted by Crippen LogP contribution is -2.47. The first-order valence-corrected chi connectivity index (χ1v) is 23.9. The van der Waals surface area contributed by atoms with Crippen LogP contribution in [0.25, 0.3) is 0 Å². The molecule has 6 rings (SSSR count). The molecule has 6 aromatic carbocycles. The molecule has 0 aliphatic heterocycles. The van der Waals surface area contributed by atoms with Gasteiger partial charge in [0.15, 0.2) is 0 Å². The van der Waals surface area contributed by atoms with Gasteiger partial charge in [0, 0.05) is 14.6 Å². The van der Waals surface area contributed by atoms with Gasteiger partial charge in [-0.2, -0.15) is 26.3 Å². The standard InChI is InChI=1S/C14H16B.C13H14B.C8H20N.2C7H10B.C4H12N/c1-12-7-5-6-8-13(12)11-15-14-9-3-2-4-10-14;1-3-7-12(8-4-1)11-14-13-9-5-2-6-10-13;1-5-9(6-2,7-3)8-4;2*1-8-7-5-3-2-4-6-7;1-5(2,3)4/h2-10H,11,15H2,1H3;1-10H,11,14H2;5-8H2,1-4H3;2*2-6H,8H2,1H3;1-4H3/q2*-1;+1;2*-1;+1. The normalized spacial score (nSPS) is 10.3. The zero-order valence-corrected chi connectivity index (χ0v) is 40.4. The summed E-state index contributed by atoms with van der Waals surface area (Å²) < 4.78 is 2.28. The van der Waals surface area contributed by atoms with Gasteiger partial charge >= 0.3 is 0 Å². The fourth-order valence-corrected chi connectivity index (χ4v) is 7.14. The maximum Gasteiger partial charge on any atom is 0.0757 e. The molecule has 0 heterocycles. The maximum absolute atomic E-state index is 2.29. The Kier molecular flexibility index (Phi) is 28.8. The molecule has 0 aliphatic carbocycles. The lowest BCUT2D eigenvalue weighted by molar-refractivity contribution is -0.921. The first-order valence-electron chi connectivity index (χ1n) is 23.9. The van der Waals surface area contributed by atoms with Crippen LogP contribution in [-0.4, -0.2) is 92.5 Å². The second-order valence-corrected chi connectivity index (χ2v) is 17.7. The Hall–Kier alpha value is -4.50. The smallest absolute Gasteiger partial charge is 0.0757 e. The molecular weight excluding hydrogens is 708 g/mol. The molecule has 6 aromatic rings. The summed E-state index contributed by atoms with van der Waals surface area (Å²) in [6, 6.07) is 62.4. The second-order valence-electron chi connectivity index (χ2n) is 17.7. The molecule has 0 atom stereocenters. The zero-order chi connectivity index (χ0) is 43.6. The molecule has 0 amide bonds. The van der Waals surface area contributed by atoms with Crippen LogP contribution in [0, 0.1) is 6.92 Å². The first-order chi connectivity index (χ1) is 28.4.